The Bertz CT molecular complexity index is 960. The summed E-state index contributed by atoms with van der Waals surface area (Å²) in [4.78, 5) is 12.0. The number of hydrogen-bond donors (Lipinski definition) is 3. The maximum atomic E-state index is 12.0. The second-order valence-corrected chi connectivity index (χ2v) is 6.79. The summed E-state index contributed by atoms with van der Waals surface area (Å²) in [5.41, 5.74) is 1.36. The number of benzene rings is 2. The van der Waals surface area contributed by atoms with Crippen molar-refractivity contribution in [1.82, 2.24) is 0 Å². The van der Waals surface area contributed by atoms with E-state index in [4.69, 9.17) is 9.47 Å². The van der Waals surface area contributed by atoms with E-state index < -0.39 is 5.78 Å². The van der Waals surface area contributed by atoms with Crippen molar-refractivity contribution in [3.63, 3.8) is 0 Å². The third-order valence-electron chi connectivity index (χ3n) is 3.65. The van der Waals surface area contributed by atoms with Crippen LogP contribution in [0, 0.1) is 3.57 Å². The van der Waals surface area contributed by atoms with Crippen molar-refractivity contribution in [1.29, 1.82) is 0 Å². The van der Waals surface area contributed by atoms with Crippen LogP contribution in [0.4, 0.5) is 0 Å². The van der Waals surface area contributed by atoms with Crippen LogP contribution in [0.25, 0.3) is 12.2 Å². The van der Waals surface area contributed by atoms with E-state index >= 15 is 0 Å². The topological polar surface area (TPSA) is 96.2 Å². The summed E-state index contributed by atoms with van der Waals surface area (Å²) in [5.74, 6) is 0.0423. The van der Waals surface area contributed by atoms with Crippen LogP contribution in [-0.2, 0) is 4.79 Å². The van der Waals surface area contributed by atoms with Gasteiger partial charge in [0.25, 0.3) is 0 Å². The van der Waals surface area contributed by atoms with Gasteiger partial charge in [0.15, 0.2) is 28.8 Å². The minimum Gasteiger partial charge on any atom is -0.508 e. The Labute approximate surface area is 176 Å². The molecule has 0 aliphatic heterocycles. The second kappa shape index (κ2) is 9.84. The third kappa shape index (κ3) is 5.78. The highest BCUT2D eigenvalue weighted by molar-refractivity contribution is 14.1. The molecule has 0 saturated heterocycles. The molecule has 0 heterocycles. The van der Waals surface area contributed by atoms with Gasteiger partial charge in [0, 0.05) is 6.08 Å². The number of aliphatic hydroxyl groups excluding tert-OH is 1. The fourth-order valence-corrected chi connectivity index (χ4v) is 2.87. The lowest BCUT2D eigenvalue weighted by Crippen LogP contribution is -1.90. The van der Waals surface area contributed by atoms with Crippen LogP contribution < -0.4 is 9.47 Å². The average Bonchev–Trinajstić information content (AvgIpc) is 2.68. The van der Waals surface area contributed by atoms with Gasteiger partial charge in [-0.05, 0) is 70.1 Å². The zero-order chi connectivity index (χ0) is 20.7. The Morgan fingerprint density at radius 3 is 2.29 bits per heavy atom. The quantitative estimate of drug-likeness (QED) is 0.229. The smallest absolute Gasteiger partial charge is 0.182 e. The van der Waals surface area contributed by atoms with E-state index in [0.717, 1.165) is 6.08 Å². The molecule has 3 N–H and O–H groups in total. The summed E-state index contributed by atoms with van der Waals surface area (Å²) in [5, 5.41) is 29.3. The first-order chi connectivity index (χ1) is 13.3. The molecule has 0 aliphatic carbocycles. The molecule has 146 valence electrons. The highest BCUT2D eigenvalue weighted by atomic mass is 124. The highest BCUT2D eigenvalue weighted by Gasteiger charge is 2.07. The summed E-state index contributed by atoms with van der Waals surface area (Å²) < 4.78 is 10.7. The van der Waals surface area contributed by atoms with Gasteiger partial charge in [-0.1, -0.05) is 18.2 Å². The molecule has 0 fully saturated rings. The van der Waals surface area contributed by atoms with Crippen LogP contribution in [0.15, 0.2) is 54.3 Å². The Kier molecular flexibility index (Phi) is 7.51. The van der Waals surface area contributed by atoms with Crippen molar-refractivity contribution in [2.45, 2.75) is 0 Å². The highest BCUT2D eigenvalue weighted by Crippen LogP contribution is 2.32. The Morgan fingerprint density at radius 2 is 1.61 bits per heavy atom. The monoisotopic (exact) mass is 491 g/mol. The summed E-state index contributed by atoms with van der Waals surface area (Å²) in [6.45, 7) is 0. The molecule has 7 heteroatoms. The van der Waals surface area contributed by atoms with Gasteiger partial charge >= 0.3 is 0 Å². The van der Waals surface area contributed by atoms with Crippen molar-refractivity contribution in [2.24, 2.45) is 0 Å². The maximum Gasteiger partial charge on any atom is 0.182 e. The van der Waals surface area contributed by atoms with Crippen LogP contribution in [0.5, 0.6) is 23.0 Å². The Balaban J connectivity index is 2.09. The minimum atomic E-state index is -0.410. The molecule has 2 aromatic carbocycles. The number of carbonyl (C=O) groups is 1. The van der Waals surface area contributed by atoms with Crippen LogP contribution in [0.1, 0.15) is 11.1 Å². The zero-order valence-corrected chi connectivity index (χ0v) is 17.4. The standard InChI is InChI=1S/C21H19IO6/c1-27-19-10-13(5-8-18(19)25)3-6-15(23)12-16(24)7-4-14-9-17(22)21(26)20(11-14)28-2/h3-12,24-26H,1-2H3/i22-3. The Morgan fingerprint density at radius 1 is 0.964 bits per heavy atom. The van der Waals surface area contributed by atoms with E-state index in [-0.39, 0.29) is 17.3 Å². The summed E-state index contributed by atoms with van der Waals surface area (Å²) in [6.07, 6.45) is 6.88. The first kappa shape index (κ1) is 21.4. The molecule has 0 bridgehead atoms. The minimum absolute atomic E-state index is 0.00850. The number of allylic oxidation sites excluding steroid dienone is 3. The molecule has 0 saturated carbocycles. The van der Waals surface area contributed by atoms with E-state index in [9.17, 15) is 20.1 Å². The number of ether oxygens (including phenoxy) is 2. The number of carbonyl (C=O) groups excluding carboxylic acids is 1. The molecule has 0 unspecified atom stereocenters. The molecule has 0 aliphatic rings. The molecule has 0 aromatic heterocycles. The predicted octanol–water partition coefficient (Wildman–Crippen LogP) is 4.46. The predicted molar refractivity (Wildman–Crippen MR) is 116 cm³/mol. The molecule has 2 aromatic rings. The van der Waals surface area contributed by atoms with Gasteiger partial charge in [0.2, 0.25) is 0 Å². The van der Waals surface area contributed by atoms with Crippen molar-refractivity contribution >= 4 is 40.5 Å². The van der Waals surface area contributed by atoms with Gasteiger partial charge in [0.1, 0.15) is 5.76 Å². The van der Waals surface area contributed by atoms with Gasteiger partial charge in [-0.25, -0.2) is 0 Å². The number of aliphatic hydroxyl groups is 1. The van der Waals surface area contributed by atoms with Gasteiger partial charge < -0.3 is 24.8 Å². The van der Waals surface area contributed by atoms with E-state index in [0.29, 0.717) is 26.2 Å². The number of ketones is 1. The first-order valence-corrected chi connectivity index (χ1v) is 9.16. The van der Waals surface area contributed by atoms with E-state index in [1.807, 2.05) is 22.6 Å². The molecule has 2 rings (SSSR count). The molecule has 0 amide bonds. The van der Waals surface area contributed by atoms with Crippen LogP contribution in [0.3, 0.4) is 0 Å². The van der Waals surface area contributed by atoms with Gasteiger partial charge in [0.05, 0.1) is 17.8 Å². The number of rotatable bonds is 7. The normalized spacial score (nSPS) is 11.9. The summed E-state index contributed by atoms with van der Waals surface area (Å²) in [6, 6.07) is 8.00. The molecule has 0 atom stereocenters. The van der Waals surface area contributed by atoms with E-state index in [1.165, 1.54) is 32.4 Å². The summed E-state index contributed by atoms with van der Waals surface area (Å²) >= 11 is 1.97. The molecule has 0 spiro atoms. The number of halogens is 1. The number of phenols is 2. The van der Waals surface area contributed by atoms with E-state index in [2.05, 4.69) is 0 Å². The summed E-state index contributed by atoms with van der Waals surface area (Å²) in [7, 11) is 2.89. The number of methoxy groups -OCH3 is 2. The van der Waals surface area contributed by atoms with Crippen molar-refractivity contribution in [3.8, 4) is 23.0 Å². The SMILES string of the molecule is COc1cc(C=CC(=O)C=C(O)C=Cc2cc([124I])c(O)c(OC)c2)ccc1O. The van der Waals surface area contributed by atoms with Crippen molar-refractivity contribution in [3.05, 3.63) is 69.0 Å². The van der Waals surface area contributed by atoms with Gasteiger partial charge in [-0.2, -0.15) is 0 Å². The average molecular weight is 491 g/mol. The molecule has 6 nitrogen and oxygen atoms in total. The maximum absolute atomic E-state index is 12.0. The lowest BCUT2D eigenvalue weighted by molar-refractivity contribution is -0.110. The number of hydrogen-bond acceptors (Lipinski definition) is 6. The largest absolute Gasteiger partial charge is 0.508 e. The number of phenolic OH excluding ortho intramolecular Hbond substituents is 2. The molecular weight excluding hydrogens is 472 g/mol. The van der Waals surface area contributed by atoms with Crippen LogP contribution in [0.2, 0.25) is 0 Å². The second-order valence-electron chi connectivity index (χ2n) is 5.62. The lowest BCUT2D eigenvalue weighted by Gasteiger charge is -2.06. The van der Waals surface area contributed by atoms with Gasteiger partial charge in [-0.3, -0.25) is 4.79 Å². The number of aromatic hydroxyl groups is 2. The van der Waals surface area contributed by atoms with Gasteiger partial charge in [-0.15, -0.1) is 0 Å². The van der Waals surface area contributed by atoms with E-state index in [1.54, 1.807) is 36.4 Å². The fourth-order valence-electron chi connectivity index (χ4n) is 2.25. The van der Waals surface area contributed by atoms with Crippen LogP contribution >= 0.6 is 22.6 Å². The third-order valence-corrected chi connectivity index (χ3v) is 4.47. The molecule has 0 radical (unpaired) electrons. The molecular formula is C21H19IO6. The molecule has 28 heavy (non-hydrogen) atoms. The Hall–Kier alpha value is -2.94. The van der Waals surface area contributed by atoms with Crippen molar-refractivity contribution < 1.29 is 29.6 Å². The van der Waals surface area contributed by atoms with Crippen molar-refractivity contribution in [2.75, 3.05) is 14.2 Å². The van der Waals surface area contributed by atoms with Crippen LogP contribution in [-0.4, -0.2) is 35.3 Å². The lowest BCUT2D eigenvalue weighted by atomic mass is 10.1. The zero-order valence-electron chi connectivity index (χ0n) is 15.2. The first-order valence-electron chi connectivity index (χ1n) is 8.08. The fraction of sp³-hybridized carbons (Fsp3) is 0.0952.